The van der Waals surface area contributed by atoms with Crippen LogP contribution in [0.4, 0.5) is 5.95 Å². The molecule has 3 N–H and O–H groups in total. The molecule has 1 aromatic carbocycles. The summed E-state index contributed by atoms with van der Waals surface area (Å²) in [5.41, 5.74) is 6.76. The highest BCUT2D eigenvalue weighted by atomic mass is 16.2. The van der Waals surface area contributed by atoms with Crippen LogP contribution in [0, 0.1) is 0 Å². The molecular weight excluding hydrogens is 266 g/mol. The Balaban J connectivity index is 1.91. The number of amides is 1. The molecule has 6 heteroatoms. The van der Waals surface area contributed by atoms with Crippen LogP contribution in [0.15, 0.2) is 48.8 Å². The van der Waals surface area contributed by atoms with Crippen molar-refractivity contribution in [2.75, 3.05) is 25.0 Å². The van der Waals surface area contributed by atoms with Crippen LogP contribution in [0.2, 0.25) is 0 Å². The van der Waals surface area contributed by atoms with Gasteiger partial charge in [0.15, 0.2) is 0 Å². The first-order chi connectivity index (χ1) is 10.3. The summed E-state index contributed by atoms with van der Waals surface area (Å²) in [7, 11) is 0. The second kappa shape index (κ2) is 8.08. The number of benzene rings is 1. The molecule has 1 heterocycles. The molecule has 0 aliphatic carbocycles. The SMILES string of the molecule is NCCN(CC(=O)Nc1ncccn1)Cc1ccccc1. The van der Waals surface area contributed by atoms with Gasteiger partial charge in [-0.25, -0.2) is 9.97 Å². The Hall–Kier alpha value is -2.31. The van der Waals surface area contributed by atoms with E-state index in [1.54, 1.807) is 18.5 Å². The van der Waals surface area contributed by atoms with Gasteiger partial charge >= 0.3 is 0 Å². The van der Waals surface area contributed by atoms with Crippen LogP contribution in [-0.2, 0) is 11.3 Å². The fraction of sp³-hybridized carbons (Fsp3) is 0.267. The number of nitrogens with one attached hydrogen (secondary N) is 1. The predicted octanol–water partition coefficient (Wildman–Crippen LogP) is 0.876. The molecule has 1 aromatic heterocycles. The van der Waals surface area contributed by atoms with E-state index in [2.05, 4.69) is 15.3 Å². The van der Waals surface area contributed by atoms with E-state index in [-0.39, 0.29) is 12.5 Å². The van der Waals surface area contributed by atoms with Crippen molar-refractivity contribution in [2.24, 2.45) is 5.73 Å². The summed E-state index contributed by atoms with van der Waals surface area (Å²) in [6, 6.07) is 11.7. The van der Waals surface area contributed by atoms with E-state index in [0.717, 1.165) is 5.56 Å². The van der Waals surface area contributed by atoms with Gasteiger partial charge < -0.3 is 5.73 Å². The van der Waals surface area contributed by atoms with Crippen LogP contribution < -0.4 is 11.1 Å². The average Bonchev–Trinajstić information content (AvgIpc) is 2.49. The van der Waals surface area contributed by atoms with E-state index in [4.69, 9.17) is 5.73 Å². The molecule has 0 saturated carbocycles. The lowest BCUT2D eigenvalue weighted by molar-refractivity contribution is -0.117. The molecule has 0 fully saturated rings. The van der Waals surface area contributed by atoms with Gasteiger partial charge in [0.05, 0.1) is 6.54 Å². The molecule has 2 aromatic rings. The normalized spacial score (nSPS) is 10.6. The monoisotopic (exact) mass is 285 g/mol. The third kappa shape index (κ3) is 5.29. The van der Waals surface area contributed by atoms with Gasteiger partial charge in [-0.05, 0) is 11.6 Å². The number of carbonyl (C=O) groups is 1. The molecule has 2 rings (SSSR count). The molecule has 0 spiro atoms. The van der Waals surface area contributed by atoms with E-state index < -0.39 is 0 Å². The van der Waals surface area contributed by atoms with E-state index >= 15 is 0 Å². The molecule has 0 atom stereocenters. The molecule has 0 aliphatic heterocycles. The van der Waals surface area contributed by atoms with E-state index in [0.29, 0.717) is 25.6 Å². The van der Waals surface area contributed by atoms with Crippen LogP contribution in [0.3, 0.4) is 0 Å². The van der Waals surface area contributed by atoms with Gasteiger partial charge in [0, 0.05) is 32.0 Å². The number of hydrogen-bond acceptors (Lipinski definition) is 5. The zero-order valence-corrected chi connectivity index (χ0v) is 11.8. The minimum atomic E-state index is -0.148. The molecule has 110 valence electrons. The summed E-state index contributed by atoms with van der Waals surface area (Å²) < 4.78 is 0. The first kappa shape index (κ1) is 15.1. The number of aromatic nitrogens is 2. The molecule has 6 nitrogen and oxygen atoms in total. The maximum Gasteiger partial charge on any atom is 0.240 e. The van der Waals surface area contributed by atoms with Crippen LogP contribution in [0.25, 0.3) is 0 Å². The number of nitrogens with zero attached hydrogens (tertiary/aromatic N) is 3. The number of hydrogen-bond donors (Lipinski definition) is 2. The van der Waals surface area contributed by atoms with Gasteiger partial charge in [0.1, 0.15) is 0 Å². The molecule has 0 bridgehead atoms. The maximum absolute atomic E-state index is 12.0. The Morgan fingerprint density at radius 3 is 2.52 bits per heavy atom. The second-order valence-electron chi connectivity index (χ2n) is 4.61. The molecule has 0 saturated heterocycles. The van der Waals surface area contributed by atoms with Crippen molar-refractivity contribution in [1.82, 2.24) is 14.9 Å². The fourth-order valence-electron chi connectivity index (χ4n) is 1.97. The van der Waals surface area contributed by atoms with Gasteiger partial charge in [0.25, 0.3) is 0 Å². The summed E-state index contributed by atoms with van der Waals surface area (Å²) in [6.07, 6.45) is 3.18. The van der Waals surface area contributed by atoms with Crippen molar-refractivity contribution in [3.05, 3.63) is 54.4 Å². The van der Waals surface area contributed by atoms with Crippen LogP contribution in [0.1, 0.15) is 5.56 Å². The molecular formula is C15H19N5O. The van der Waals surface area contributed by atoms with Gasteiger partial charge in [-0.3, -0.25) is 15.0 Å². The summed E-state index contributed by atoms with van der Waals surface area (Å²) in [4.78, 5) is 21.9. The Labute approximate surface area is 124 Å². The van der Waals surface area contributed by atoms with Gasteiger partial charge in [0.2, 0.25) is 11.9 Å². The predicted molar refractivity (Wildman–Crippen MR) is 81.4 cm³/mol. The summed E-state index contributed by atoms with van der Waals surface area (Å²) >= 11 is 0. The zero-order valence-electron chi connectivity index (χ0n) is 11.8. The van der Waals surface area contributed by atoms with Crippen LogP contribution in [-0.4, -0.2) is 40.4 Å². The molecule has 0 radical (unpaired) electrons. The minimum Gasteiger partial charge on any atom is -0.329 e. The van der Waals surface area contributed by atoms with Crippen LogP contribution in [0.5, 0.6) is 0 Å². The minimum absolute atomic E-state index is 0.148. The van der Waals surface area contributed by atoms with Crippen molar-refractivity contribution in [1.29, 1.82) is 0 Å². The number of carbonyl (C=O) groups excluding carboxylic acids is 1. The van der Waals surface area contributed by atoms with E-state index in [1.807, 2.05) is 35.2 Å². The second-order valence-corrected chi connectivity index (χ2v) is 4.61. The summed E-state index contributed by atoms with van der Waals surface area (Å²) in [5.74, 6) is 0.167. The third-order valence-corrected chi connectivity index (χ3v) is 2.88. The fourth-order valence-corrected chi connectivity index (χ4v) is 1.97. The first-order valence-electron chi connectivity index (χ1n) is 6.81. The highest BCUT2D eigenvalue weighted by Gasteiger charge is 2.11. The van der Waals surface area contributed by atoms with Crippen molar-refractivity contribution in [3.63, 3.8) is 0 Å². The Kier molecular flexibility index (Phi) is 5.81. The van der Waals surface area contributed by atoms with Gasteiger partial charge in [-0.2, -0.15) is 0 Å². The molecule has 21 heavy (non-hydrogen) atoms. The van der Waals surface area contributed by atoms with Crippen molar-refractivity contribution in [2.45, 2.75) is 6.54 Å². The lowest BCUT2D eigenvalue weighted by atomic mass is 10.2. The van der Waals surface area contributed by atoms with Gasteiger partial charge in [-0.1, -0.05) is 30.3 Å². The van der Waals surface area contributed by atoms with E-state index in [1.165, 1.54) is 0 Å². The summed E-state index contributed by atoms with van der Waals surface area (Å²) in [6.45, 7) is 2.09. The van der Waals surface area contributed by atoms with Crippen molar-refractivity contribution >= 4 is 11.9 Å². The average molecular weight is 285 g/mol. The number of nitrogens with two attached hydrogens (primary N) is 1. The largest absolute Gasteiger partial charge is 0.329 e. The zero-order chi connectivity index (χ0) is 14.9. The number of anilines is 1. The Morgan fingerprint density at radius 2 is 1.86 bits per heavy atom. The molecule has 1 amide bonds. The smallest absolute Gasteiger partial charge is 0.240 e. The Bertz CT molecular complexity index is 547. The topological polar surface area (TPSA) is 84.1 Å². The van der Waals surface area contributed by atoms with Crippen molar-refractivity contribution in [3.8, 4) is 0 Å². The number of rotatable bonds is 7. The maximum atomic E-state index is 12.0. The molecule has 0 aliphatic rings. The van der Waals surface area contributed by atoms with Gasteiger partial charge in [-0.15, -0.1) is 0 Å². The van der Waals surface area contributed by atoms with E-state index in [9.17, 15) is 4.79 Å². The quantitative estimate of drug-likeness (QED) is 0.789. The lowest BCUT2D eigenvalue weighted by Crippen LogP contribution is -2.36. The highest BCUT2D eigenvalue weighted by Crippen LogP contribution is 2.04. The Morgan fingerprint density at radius 1 is 1.14 bits per heavy atom. The third-order valence-electron chi connectivity index (χ3n) is 2.88. The first-order valence-corrected chi connectivity index (χ1v) is 6.81. The lowest BCUT2D eigenvalue weighted by Gasteiger charge is -2.20. The summed E-state index contributed by atoms with van der Waals surface area (Å²) in [5, 5.41) is 2.67. The standard InChI is InChI=1S/C15H19N5O/c16-7-10-20(11-13-5-2-1-3-6-13)12-14(21)19-15-17-8-4-9-18-15/h1-6,8-9H,7,10-12,16H2,(H,17,18,19,21). The van der Waals surface area contributed by atoms with Crippen LogP contribution >= 0.6 is 0 Å². The van der Waals surface area contributed by atoms with Crippen molar-refractivity contribution < 1.29 is 4.79 Å². The highest BCUT2D eigenvalue weighted by molar-refractivity contribution is 5.90. The molecule has 0 unspecified atom stereocenters.